The van der Waals surface area contributed by atoms with Gasteiger partial charge in [0.2, 0.25) is 5.95 Å². The van der Waals surface area contributed by atoms with Crippen molar-refractivity contribution in [2.24, 2.45) is 0 Å². The standard InChI is InChI=1S/C31H33N5O2S/c1-21(2)38-25-7-5-6-22(20-25)27-12-13-28(39-27)29-26-14-15-32-30(26)35-31(34-29)33-23-8-10-24(11-9-23)37-19-18-36-16-3-4-17-36/h5-15,20-21H,3-4,16-19H2,1-2H3,(H2,32,33,34,35). The van der Waals surface area contributed by atoms with Gasteiger partial charge in [0.1, 0.15) is 23.8 Å². The summed E-state index contributed by atoms with van der Waals surface area (Å²) in [5.74, 6) is 2.29. The molecule has 2 aromatic carbocycles. The van der Waals surface area contributed by atoms with Crippen molar-refractivity contribution in [3.05, 3.63) is 72.9 Å². The number of anilines is 2. The molecule has 7 nitrogen and oxygen atoms in total. The van der Waals surface area contributed by atoms with Crippen molar-refractivity contribution in [2.45, 2.75) is 32.8 Å². The number of thiophene rings is 1. The summed E-state index contributed by atoms with van der Waals surface area (Å²) in [6, 6.07) is 22.5. The van der Waals surface area contributed by atoms with Crippen molar-refractivity contribution >= 4 is 34.0 Å². The van der Waals surface area contributed by atoms with Crippen LogP contribution in [0, 0.1) is 0 Å². The van der Waals surface area contributed by atoms with E-state index in [0.29, 0.717) is 12.6 Å². The number of aromatic nitrogens is 3. The number of ether oxygens (including phenoxy) is 2. The lowest BCUT2D eigenvalue weighted by atomic mass is 10.2. The average Bonchev–Trinajstić information content (AvgIpc) is 3.71. The second kappa shape index (κ2) is 11.5. The van der Waals surface area contributed by atoms with E-state index in [1.165, 1.54) is 25.9 Å². The zero-order chi connectivity index (χ0) is 26.6. The van der Waals surface area contributed by atoms with Gasteiger partial charge in [-0.2, -0.15) is 4.98 Å². The lowest BCUT2D eigenvalue weighted by Crippen LogP contribution is -2.25. The van der Waals surface area contributed by atoms with Gasteiger partial charge in [-0.25, -0.2) is 4.98 Å². The molecule has 1 aliphatic heterocycles. The third-order valence-electron chi connectivity index (χ3n) is 6.73. The van der Waals surface area contributed by atoms with Gasteiger partial charge in [-0.05, 0) is 99.9 Å². The second-order valence-electron chi connectivity index (χ2n) is 10.0. The van der Waals surface area contributed by atoms with E-state index in [9.17, 15) is 0 Å². The molecule has 0 radical (unpaired) electrons. The zero-order valence-electron chi connectivity index (χ0n) is 22.3. The van der Waals surface area contributed by atoms with E-state index in [1.54, 1.807) is 11.3 Å². The molecule has 0 bridgehead atoms. The molecule has 0 aliphatic carbocycles. The summed E-state index contributed by atoms with van der Waals surface area (Å²) in [5.41, 5.74) is 3.74. The van der Waals surface area contributed by atoms with Crippen LogP contribution in [0.25, 0.3) is 32.0 Å². The van der Waals surface area contributed by atoms with Gasteiger partial charge in [0.15, 0.2) is 0 Å². The Morgan fingerprint density at radius 1 is 0.949 bits per heavy atom. The van der Waals surface area contributed by atoms with Crippen molar-refractivity contribution in [3.8, 4) is 32.5 Å². The summed E-state index contributed by atoms with van der Waals surface area (Å²) in [6.07, 6.45) is 4.64. The highest BCUT2D eigenvalue weighted by atomic mass is 32.1. The number of rotatable bonds is 10. The molecule has 2 N–H and O–H groups in total. The van der Waals surface area contributed by atoms with Gasteiger partial charge in [0.05, 0.1) is 16.7 Å². The molecule has 1 fully saturated rings. The van der Waals surface area contributed by atoms with Crippen LogP contribution in [0.5, 0.6) is 11.5 Å². The summed E-state index contributed by atoms with van der Waals surface area (Å²) in [4.78, 5) is 17.6. The molecule has 0 amide bonds. The van der Waals surface area contributed by atoms with Crippen molar-refractivity contribution in [2.75, 3.05) is 31.6 Å². The van der Waals surface area contributed by atoms with E-state index in [2.05, 4.69) is 39.5 Å². The molecule has 1 saturated heterocycles. The van der Waals surface area contributed by atoms with Gasteiger partial charge in [-0.1, -0.05) is 12.1 Å². The van der Waals surface area contributed by atoms with Gasteiger partial charge < -0.3 is 19.8 Å². The highest BCUT2D eigenvalue weighted by molar-refractivity contribution is 7.18. The summed E-state index contributed by atoms with van der Waals surface area (Å²) < 4.78 is 11.8. The normalized spacial score (nSPS) is 13.8. The number of likely N-dealkylation sites (tertiary alicyclic amines) is 1. The molecule has 3 aromatic heterocycles. The molecule has 0 atom stereocenters. The molecule has 4 heterocycles. The Morgan fingerprint density at radius 2 is 1.77 bits per heavy atom. The van der Waals surface area contributed by atoms with Crippen LogP contribution in [0.2, 0.25) is 0 Å². The Balaban J connectivity index is 1.19. The number of hydrogen-bond acceptors (Lipinski definition) is 7. The maximum Gasteiger partial charge on any atom is 0.229 e. The largest absolute Gasteiger partial charge is 0.492 e. The molecule has 39 heavy (non-hydrogen) atoms. The first-order valence-electron chi connectivity index (χ1n) is 13.6. The fraction of sp³-hybridized carbons (Fsp3) is 0.290. The Bertz CT molecular complexity index is 1540. The quantitative estimate of drug-likeness (QED) is 0.193. The fourth-order valence-corrected chi connectivity index (χ4v) is 5.87. The monoisotopic (exact) mass is 539 g/mol. The van der Waals surface area contributed by atoms with Crippen molar-refractivity contribution in [1.82, 2.24) is 19.9 Å². The minimum absolute atomic E-state index is 0.136. The van der Waals surface area contributed by atoms with Crippen LogP contribution in [0.1, 0.15) is 26.7 Å². The van der Waals surface area contributed by atoms with Crippen LogP contribution in [0.3, 0.4) is 0 Å². The molecule has 5 aromatic rings. The molecule has 8 heteroatoms. The first kappa shape index (κ1) is 25.4. The maximum absolute atomic E-state index is 5.95. The van der Waals surface area contributed by atoms with E-state index in [1.807, 2.05) is 62.5 Å². The van der Waals surface area contributed by atoms with Crippen LogP contribution < -0.4 is 14.8 Å². The van der Waals surface area contributed by atoms with Gasteiger partial charge in [0, 0.05) is 28.7 Å². The number of fused-ring (bicyclic) bond motifs is 1. The highest BCUT2D eigenvalue weighted by Crippen LogP contribution is 2.38. The maximum atomic E-state index is 5.95. The molecular weight excluding hydrogens is 506 g/mol. The SMILES string of the molecule is CC(C)Oc1cccc(-c2ccc(-c3nc(Nc4ccc(OCCN5CCCC5)cc4)nc4[nH]ccc34)s2)c1. The molecule has 0 unspecified atom stereocenters. The van der Waals surface area contributed by atoms with Crippen molar-refractivity contribution < 1.29 is 9.47 Å². The summed E-state index contributed by atoms with van der Waals surface area (Å²) in [7, 11) is 0. The van der Waals surface area contributed by atoms with Gasteiger partial charge in [0.25, 0.3) is 0 Å². The first-order valence-corrected chi connectivity index (χ1v) is 14.4. The van der Waals surface area contributed by atoms with Gasteiger partial charge >= 0.3 is 0 Å². The van der Waals surface area contributed by atoms with Crippen LogP contribution in [0.4, 0.5) is 11.6 Å². The van der Waals surface area contributed by atoms with Gasteiger partial charge in [-0.15, -0.1) is 11.3 Å². The minimum Gasteiger partial charge on any atom is -0.492 e. The third kappa shape index (κ3) is 6.08. The van der Waals surface area contributed by atoms with Crippen LogP contribution >= 0.6 is 11.3 Å². The lowest BCUT2D eigenvalue weighted by molar-refractivity contribution is 0.238. The molecule has 0 spiro atoms. The number of benzene rings is 2. The molecule has 6 rings (SSSR count). The smallest absolute Gasteiger partial charge is 0.229 e. The van der Waals surface area contributed by atoms with Crippen LogP contribution in [-0.4, -0.2) is 52.2 Å². The molecule has 0 saturated carbocycles. The summed E-state index contributed by atoms with van der Waals surface area (Å²) >= 11 is 1.71. The highest BCUT2D eigenvalue weighted by Gasteiger charge is 2.15. The second-order valence-corrected chi connectivity index (χ2v) is 11.1. The topological polar surface area (TPSA) is 75.3 Å². The van der Waals surface area contributed by atoms with E-state index in [0.717, 1.165) is 55.8 Å². The Hall–Kier alpha value is -3.88. The van der Waals surface area contributed by atoms with E-state index in [-0.39, 0.29) is 6.10 Å². The zero-order valence-corrected chi connectivity index (χ0v) is 23.1. The predicted molar refractivity (Wildman–Crippen MR) is 159 cm³/mol. The average molecular weight is 540 g/mol. The number of H-pyrrole nitrogens is 1. The Kier molecular flexibility index (Phi) is 7.47. The number of aromatic amines is 1. The molecule has 200 valence electrons. The Labute approximate surface area is 232 Å². The first-order chi connectivity index (χ1) is 19.1. The summed E-state index contributed by atoms with van der Waals surface area (Å²) in [6.45, 7) is 8.14. The Morgan fingerprint density at radius 3 is 2.59 bits per heavy atom. The van der Waals surface area contributed by atoms with Crippen LogP contribution in [-0.2, 0) is 0 Å². The van der Waals surface area contributed by atoms with E-state index in [4.69, 9.17) is 19.4 Å². The van der Waals surface area contributed by atoms with Crippen LogP contribution in [0.15, 0.2) is 72.9 Å². The number of hydrogen-bond donors (Lipinski definition) is 2. The van der Waals surface area contributed by atoms with E-state index >= 15 is 0 Å². The molecule has 1 aliphatic rings. The van der Waals surface area contributed by atoms with Crippen molar-refractivity contribution in [3.63, 3.8) is 0 Å². The minimum atomic E-state index is 0.136. The van der Waals surface area contributed by atoms with E-state index < -0.39 is 0 Å². The molecular formula is C31H33N5O2S. The number of nitrogens with zero attached hydrogens (tertiary/aromatic N) is 3. The fourth-order valence-electron chi connectivity index (χ4n) is 4.86. The summed E-state index contributed by atoms with van der Waals surface area (Å²) in [5, 5.41) is 4.36. The van der Waals surface area contributed by atoms with Crippen molar-refractivity contribution in [1.29, 1.82) is 0 Å². The third-order valence-corrected chi connectivity index (χ3v) is 7.87. The predicted octanol–water partition coefficient (Wildman–Crippen LogP) is 7.36. The van der Waals surface area contributed by atoms with Gasteiger partial charge in [-0.3, -0.25) is 4.90 Å². The lowest BCUT2D eigenvalue weighted by Gasteiger charge is -2.15. The number of nitrogens with one attached hydrogen (secondary N) is 2.